The number of rotatable bonds is 4. The topological polar surface area (TPSA) is 64.3 Å². The Morgan fingerprint density at radius 1 is 1.33 bits per heavy atom. The third-order valence-corrected chi connectivity index (χ3v) is 3.43. The molecule has 0 bridgehead atoms. The van der Waals surface area contributed by atoms with E-state index in [0.717, 1.165) is 0 Å². The summed E-state index contributed by atoms with van der Waals surface area (Å²) in [6.07, 6.45) is 0. The Labute approximate surface area is 134 Å². The van der Waals surface area contributed by atoms with Crippen molar-refractivity contribution in [1.82, 2.24) is 0 Å². The molecule has 0 aliphatic carbocycles. The van der Waals surface area contributed by atoms with Crippen molar-refractivity contribution in [3.05, 3.63) is 51.7 Å². The molecule has 2 aromatic rings. The fourth-order valence-corrected chi connectivity index (χ4v) is 2.09. The maximum atomic E-state index is 13.1. The SMILES string of the molecule is Nc1ccc(Cl)cc1NC(=O)COc1cc(F)ccc1Br. The average molecular weight is 374 g/mol. The summed E-state index contributed by atoms with van der Waals surface area (Å²) in [6, 6.07) is 8.70. The number of nitrogens with one attached hydrogen (secondary N) is 1. The number of nitrogen functional groups attached to an aromatic ring is 1. The van der Waals surface area contributed by atoms with Crippen LogP contribution >= 0.6 is 27.5 Å². The largest absolute Gasteiger partial charge is 0.482 e. The zero-order valence-electron chi connectivity index (χ0n) is 10.7. The van der Waals surface area contributed by atoms with Crippen LogP contribution in [0.5, 0.6) is 5.75 Å². The lowest BCUT2D eigenvalue weighted by Gasteiger charge is -2.10. The molecule has 3 N–H and O–H groups in total. The molecular formula is C14H11BrClFN2O2. The normalized spacial score (nSPS) is 10.2. The van der Waals surface area contributed by atoms with Gasteiger partial charge in [-0.05, 0) is 46.3 Å². The molecule has 0 aliphatic heterocycles. The van der Waals surface area contributed by atoms with Crippen molar-refractivity contribution >= 4 is 44.8 Å². The predicted octanol–water partition coefficient (Wildman–Crippen LogP) is 3.84. The maximum Gasteiger partial charge on any atom is 0.262 e. The third-order valence-electron chi connectivity index (χ3n) is 2.54. The Hall–Kier alpha value is -1.79. The summed E-state index contributed by atoms with van der Waals surface area (Å²) < 4.78 is 18.9. The van der Waals surface area contributed by atoms with Crippen LogP contribution in [0.25, 0.3) is 0 Å². The lowest BCUT2D eigenvalue weighted by atomic mass is 10.2. The molecule has 0 saturated heterocycles. The maximum absolute atomic E-state index is 13.1. The lowest BCUT2D eigenvalue weighted by Crippen LogP contribution is -2.21. The van der Waals surface area contributed by atoms with Gasteiger partial charge in [0.15, 0.2) is 6.61 Å². The minimum Gasteiger partial charge on any atom is -0.482 e. The number of amides is 1. The molecule has 7 heteroatoms. The van der Waals surface area contributed by atoms with Crippen molar-refractivity contribution < 1.29 is 13.9 Å². The molecule has 0 unspecified atom stereocenters. The van der Waals surface area contributed by atoms with Crippen molar-refractivity contribution in [3.63, 3.8) is 0 Å². The number of halogens is 3. The van der Waals surface area contributed by atoms with Gasteiger partial charge in [0.25, 0.3) is 5.91 Å². The minimum atomic E-state index is -0.451. The van der Waals surface area contributed by atoms with Crippen LogP contribution in [0.4, 0.5) is 15.8 Å². The number of carbonyl (C=O) groups is 1. The summed E-state index contributed by atoms with van der Waals surface area (Å²) in [7, 11) is 0. The quantitative estimate of drug-likeness (QED) is 0.800. The van der Waals surface area contributed by atoms with Gasteiger partial charge in [0.05, 0.1) is 15.8 Å². The number of ether oxygens (including phenoxy) is 1. The van der Waals surface area contributed by atoms with Crippen molar-refractivity contribution in [1.29, 1.82) is 0 Å². The van der Waals surface area contributed by atoms with E-state index in [0.29, 0.717) is 20.9 Å². The highest BCUT2D eigenvalue weighted by Gasteiger charge is 2.09. The second-order valence-electron chi connectivity index (χ2n) is 4.14. The van der Waals surface area contributed by atoms with E-state index in [9.17, 15) is 9.18 Å². The van der Waals surface area contributed by atoms with Crippen LogP contribution in [0.3, 0.4) is 0 Å². The van der Waals surface area contributed by atoms with E-state index in [2.05, 4.69) is 21.2 Å². The first-order valence-corrected chi connectivity index (χ1v) is 7.05. The van der Waals surface area contributed by atoms with Crippen LogP contribution in [-0.4, -0.2) is 12.5 Å². The zero-order valence-corrected chi connectivity index (χ0v) is 13.0. The Bertz CT molecular complexity index is 682. The van der Waals surface area contributed by atoms with Crippen molar-refractivity contribution in [2.24, 2.45) is 0 Å². The van der Waals surface area contributed by atoms with Gasteiger partial charge in [0.1, 0.15) is 11.6 Å². The second kappa shape index (κ2) is 6.78. The molecule has 0 aromatic heterocycles. The van der Waals surface area contributed by atoms with Gasteiger partial charge in [-0.3, -0.25) is 4.79 Å². The number of hydrogen-bond acceptors (Lipinski definition) is 3. The van der Waals surface area contributed by atoms with Gasteiger partial charge in [-0.2, -0.15) is 0 Å². The molecule has 110 valence electrons. The van der Waals surface area contributed by atoms with E-state index in [4.69, 9.17) is 22.1 Å². The summed E-state index contributed by atoms with van der Waals surface area (Å²) in [5, 5.41) is 3.03. The Morgan fingerprint density at radius 2 is 2.10 bits per heavy atom. The monoisotopic (exact) mass is 372 g/mol. The van der Waals surface area contributed by atoms with Gasteiger partial charge < -0.3 is 15.8 Å². The highest BCUT2D eigenvalue weighted by atomic mass is 79.9. The predicted molar refractivity (Wildman–Crippen MR) is 84.1 cm³/mol. The molecule has 0 atom stereocenters. The summed E-state index contributed by atoms with van der Waals surface area (Å²) in [5.74, 6) is -0.642. The summed E-state index contributed by atoms with van der Waals surface area (Å²) >= 11 is 9.03. The van der Waals surface area contributed by atoms with E-state index in [1.54, 1.807) is 12.1 Å². The van der Waals surface area contributed by atoms with Crippen LogP contribution in [-0.2, 0) is 4.79 Å². The van der Waals surface area contributed by atoms with Gasteiger partial charge in [-0.25, -0.2) is 4.39 Å². The van der Waals surface area contributed by atoms with Gasteiger partial charge in [0, 0.05) is 11.1 Å². The molecule has 2 aromatic carbocycles. The van der Waals surface area contributed by atoms with E-state index >= 15 is 0 Å². The van der Waals surface area contributed by atoms with E-state index in [1.807, 2.05) is 0 Å². The van der Waals surface area contributed by atoms with Crippen LogP contribution in [0.2, 0.25) is 5.02 Å². The molecule has 0 radical (unpaired) electrons. The molecule has 4 nitrogen and oxygen atoms in total. The Balaban J connectivity index is 1.99. The summed E-state index contributed by atoms with van der Waals surface area (Å²) in [6.45, 7) is -0.284. The third kappa shape index (κ3) is 4.34. The molecular weight excluding hydrogens is 363 g/mol. The van der Waals surface area contributed by atoms with Gasteiger partial charge in [-0.1, -0.05) is 11.6 Å². The van der Waals surface area contributed by atoms with Crippen molar-refractivity contribution in [2.45, 2.75) is 0 Å². The Morgan fingerprint density at radius 3 is 2.86 bits per heavy atom. The number of nitrogens with two attached hydrogens (primary N) is 1. The highest BCUT2D eigenvalue weighted by molar-refractivity contribution is 9.10. The van der Waals surface area contributed by atoms with E-state index in [1.165, 1.54) is 24.3 Å². The lowest BCUT2D eigenvalue weighted by molar-refractivity contribution is -0.118. The molecule has 0 fully saturated rings. The first kappa shape index (κ1) is 15.6. The first-order chi connectivity index (χ1) is 9.95. The van der Waals surface area contributed by atoms with Crippen LogP contribution in [0.1, 0.15) is 0 Å². The standard InChI is InChI=1S/C14H11BrClFN2O2/c15-10-3-2-9(17)6-13(10)21-7-14(20)19-12-5-8(16)1-4-11(12)18/h1-6H,7,18H2,(H,19,20). The second-order valence-corrected chi connectivity index (χ2v) is 5.43. The highest BCUT2D eigenvalue weighted by Crippen LogP contribution is 2.26. The van der Waals surface area contributed by atoms with Gasteiger partial charge >= 0.3 is 0 Å². The Kier molecular flexibility index (Phi) is 5.03. The van der Waals surface area contributed by atoms with E-state index in [-0.39, 0.29) is 12.4 Å². The van der Waals surface area contributed by atoms with Gasteiger partial charge in [-0.15, -0.1) is 0 Å². The molecule has 0 spiro atoms. The molecule has 2 rings (SSSR count). The zero-order chi connectivity index (χ0) is 15.4. The first-order valence-electron chi connectivity index (χ1n) is 5.88. The number of benzene rings is 2. The summed E-state index contributed by atoms with van der Waals surface area (Å²) in [4.78, 5) is 11.8. The molecule has 0 heterocycles. The number of hydrogen-bond donors (Lipinski definition) is 2. The molecule has 21 heavy (non-hydrogen) atoms. The molecule has 1 amide bonds. The fourth-order valence-electron chi connectivity index (χ4n) is 1.55. The van der Waals surface area contributed by atoms with E-state index < -0.39 is 11.7 Å². The number of carbonyl (C=O) groups excluding carboxylic acids is 1. The smallest absolute Gasteiger partial charge is 0.262 e. The number of anilines is 2. The van der Waals surface area contributed by atoms with Crippen molar-refractivity contribution in [2.75, 3.05) is 17.7 Å². The summed E-state index contributed by atoms with van der Waals surface area (Å²) in [5.41, 5.74) is 6.50. The van der Waals surface area contributed by atoms with Crippen LogP contribution in [0.15, 0.2) is 40.9 Å². The minimum absolute atomic E-state index is 0.240. The fraction of sp³-hybridized carbons (Fsp3) is 0.0714. The molecule has 0 aliphatic rings. The van der Waals surface area contributed by atoms with Crippen LogP contribution < -0.4 is 15.8 Å². The van der Waals surface area contributed by atoms with Crippen molar-refractivity contribution in [3.8, 4) is 5.75 Å². The average Bonchev–Trinajstić information content (AvgIpc) is 2.44. The molecule has 0 saturated carbocycles. The van der Waals surface area contributed by atoms with Crippen LogP contribution in [0, 0.1) is 5.82 Å². The van der Waals surface area contributed by atoms with Gasteiger partial charge in [0.2, 0.25) is 0 Å².